The largest absolute Gasteiger partial charge is 0.507 e. The zero-order chi connectivity index (χ0) is 22.8. The van der Waals surface area contributed by atoms with Crippen molar-refractivity contribution >= 4 is 23.7 Å². The Labute approximate surface area is 183 Å². The standard InChI is InChI=1S/C27H30O4/c1-17-13-21(14-18(2)25(17)30)7-9-23(28)27(11-5-6-12-27)24(29)10-8-22-15-19(3)26(31)20(4)16-22/h7-10,13-16,30-31H,5-6,11-12H2,1-4H3/b9-7+,10-8+. The van der Waals surface area contributed by atoms with Crippen molar-refractivity contribution in [3.05, 3.63) is 69.8 Å². The summed E-state index contributed by atoms with van der Waals surface area (Å²) in [4.78, 5) is 26.3. The lowest BCUT2D eigenvalue weighted by Gasteiger charge is -2.22. The van der Waals surface area contributed by atoms with Crippen molar-refractivity contribution in [2.45, 2.75) is 53.4 Å². The zero-order valence-corrected chi connectivity index (χ0v) is 18.7. The van der Waals surface area contributed by atoms with Crippen LogP contribution in [-0.4, -0.2) is 21.8 Å². The molecule has 162 valence electrons. The van der Waals surface area contributed by atoms with Crippen molar-refractivity contribution in [1.82, 2.24) is 0 Å². The van der Waals surface area contributed by atoms with Crippen molar-refractivity contribution < 1.29 is 19.8 Å². The second-order valence-corrected chi connectivity index (χ2v) is 8.69. The number of hydrogen-bond acceptors (Lipinski definition) is 4. The molecule has 0 radical (unpaired) electrons. The molecular weight excluding hydrogens is 388 g/mol. The Kier molecular flexibility index (Phi) is 6.49. The number of phenolic OH excluding ortho intramolecular Hbond substituents is 2. The number of hydrogen-bond donors (Lipinski definition) is 2. The molecule has 1 saturated carbocycles. The zero-order valence-electron chi connectivity index (χ0n) is 18.7. The van der Waals surface area contributed by atoms with Crippen molar-refractivity contribution in [2.24, 2.45) is 5.41 Å². The van der Waals surface area contributed by atoms with Crippen LogP contribution in [-0.2, 0) is 9.59 Å². The van der Waals surface area contributed by atoms with Gasteiger partial charge in [-0.1, -0.05) is 25.0 Å². The maximum atomic E-state index is 13.2. The van der Waals surface area contributed by atoms with Crippen LogP contribution < -0.4 is 0 Å². The predicted molar refractivity (Wildman–Crippen MR) is 124 cm³/mol. The summed E-state index contributed by atoms with van der Waals surface area (Å²) < 4.78 is 0. The van der Waals surface area contributed by atoms with Crippen molar-refractivity contribution in [3.63, 3.8) is 0 Å². The molecule has 1 aliphatic carbocycles. The van der Waals surface area contributed by atoms with Gasteiger partial charge in [0.1, 0.15) is 11.5 Å². The first-order valence-electron chi connectivity index (χ1n) is 10.7. The molecule has 0 saturated heterocycles. The average molecular weight is 419 g/mol. The molecule has 0 bridgehead atoms. The molecule has 1 fully saturated rings. The molecule has 0 heterocycles. The second kappa shape index (κ2) is 8.93. The van der Waals surface area contributed by atoms with E-state index in [1.54, 1.807) is 12.2 Å². The van der Waals surface area contributed by atoms with Crippen molar-refractivity contribution in [3.8, 4) is 11.5 Å². The summed E-state index contributed by atoms with van der Waals surface area (Å²) in [7, 11) is 0. The summed E-state index contributed by atoms with van der Waals surface area (Å²) in [6.07, 6.45) is 9.30. The van der Waals surface area contributed by atoms with Gasteiger partial charge in [-0.05, 0) is 110 Å². The summed E-state index contributed by atoms with van der Waals surface area (Å²) in [6.45, 7) is 7.28. The van der Waals surface area contributed by atoms with E-state index in [-0.39, 0.29) is 23.1 Å². The van der Waals surface area contributed by atoms with Gasteiger partial charge in [0, 0.05) is 0 Å². The summed E-state index contributed by atoms with van der Waals surface area (Å²) >= 11 is 0. The Morgan fingerprint density at radius 1 is 0.710 bits per heavy atom. The molecule has 0 aliphatic heterocycles. The highest BCUT2D eigenvalue weighted by Gasteiger charge is 2.44. The highest BCUT2D eigenvalue weighted by Crippen LogP contribution is 2.41. The minimum Gasteiger partial charge on any atom is -0.507 e. The molecule has 1 aliphatic rings. The maximum absolute atomic E-state index is 13.2. The minimum atomic E-state index is -1.00. The number of benzene rings is 2. The number of carbonyl (C=O) groups is 2. The lowest BCUT2D eigenvalue weighted by atomic mass is 9.77. The Morgan fingerprint density at radius 3 is 1.35 bits per heavy atom. The number of allylic oxidation sites excluding steroid dienone is 2. The fraction of sp³-hybridized carbons (Fsp3) is 0.333. The highest BCUT2D eigenvalue weighted by atomic mass is 16.3. The summed E-state index contributed by atoms with van der Waals surface area (Å²) in [5, 5.41) is 19.9. The van der Waals surface area contributed by atoms with Gasteiger partial charge in [-0.25, -0.2) is 0 Å². The van der Waals surface area contributed by atoms with E-state index in [0.29, 0.717) is 12.8 Å². The monoisotopic (exact) mass is 418 g/mol. The molecule has 4 nitrogen and oxygen atoms in total. The molecule has 2 N–H and O–H groups in total. The Balaban J connectivity index is 1.84. The number of rotatable bonds is 6. The van der Waals surface area contributed by atoms with Gasteiger partial charge >= 0.3 is 0 Å². The van der Waals surface area contributed by atoms with Gasteiger partial charge in [0.05, 0.1) is 5.41 Å². The molecule has 3 rings (SSSR count). The number of ketones is 2. The quantitative estimate of drug-likeness (QED) is 0.462. The number of aryl methyl sites for hydroxylation is 4. The molecule has 31 heavy (non-hydrogen) atoms. The Morgan fingerprint density at radius 2 is 1.03 bits per heavy atom. The summed E-state index contributed by atoms with van der Waals surface area (Å²) in [6, 6.07) is 7.30. The topological polar surface area (TPSA) is 74.6 Å². The van der Waals surface area contributed by atoms with E-state index in [1.807, 2.05) is 52.0 Å². The maximum Gasteiger partial charge on any atom is 0.169 e. The van der Waals surface area contributed by atoms with Crippen LogP contribution in [0.5, 0.6) is 11.5 Å². The van der Waals surface area contributed by atoms with Crippen LogP contribution >= 0.6 is 0 Å². The van der Waals surface area contributed by atoms with Crippen LogP contribution in [0.3, 0.4) is 0 Å². The van der Waals surface area contributed by atoms with Crippen LogP contribution in [0, 0.1) is 33.1 Å². The van der Waals surface area contributed by atoms with Crippen LogP contribution in [0.2, 0.25) is 0 Å². The lowest BCUT2D eigenvalue weighted by Crippen LogP contribution is -2.34. The SMILES string of the molecule is Cc1cc(/C=C/C(=O)C2(C(=O)/C=C/c3cc(C)c(O)c(C)c3)CCCC2)cc(C)c1O. The van der Waals surface area contributed by atoms with Crippen LogP contribution in [0.1, 0.15) is 59.1 Å². The third kappa shape index (κ3) is 4.63. The second-order valence-electron chi connectivity index (χ2n) is 8.69. The van der Waals surface area contributed by atoms with E-state index in [0.717, 1.165) is 46.2 Å². The normalized spacial score (nSPS) is 15.7. The number of aromatic hydroxyl groups is 2. The third-order valence-corrected chi connectivity index (χ3v) is 6.28. The Bertz CT molecular complexity index is 955. The van der Waals surface area contributed by atoms with Crippen LogP contribution in [0.15, 0.2) is 36.4 Å². The molecule has 0 amide bonds. The molecule has 4 heteroatoms. The van der Waals surface area contributed by atoms with Crippen molar-refractivity contribution in [2.75, 3.05) is 0 Å². The van der Waals surface area contributed by atoms with E-state index in [9.17, 15) is 19.8 Å². The van der Waals surface area contributed by atoms with E-state index in [1.165, 1.54) is 12.2 Å². The van der Waals surface area contributed by atoms with E-state index in [4.69, 9.17) is 0 Å². The molecule has 0 spiro atoms. The summed E-state index contributed by atoms with van der Waals surface area (Å²) in [5.41, 5.74) is 3.65. The smallest absolute Gasteiger partial charge is 0.169 e. The molecule has 0 unspecified atom stereocenters. The van der Waals surface area contributed by atoms with Crippen LogP contribution in [0.25, 0.3) is 12.2 Å². The average Bonchev–Trinajstić information content (AvgIpc) is 3.23. The van der Waals surface area contributed by atoms with Gasteiger partial charge in [0.2, 0.25) is 0 Å². The summed E-state index contributed by atoms with van der Waals surface area (Å²) in [5.74, 6) is 0.189. The van der Waals surface area contributed by atoms with Gasteiger partial charge in [-0.2, -0.15) is 0 Å². The van der Waals surface area contributed by atoms with Gasteiger partial charge in [0.25, 0.3) is 0 Å². The fourth-order valence-corrected chi connectivity index (χ4v) is 4.43. The van der Waals surface area contributed by atoms with Crippen LogP contribution in [0.4, 0.5) is 0 Å². The van der Waals surface area contributed by atoms with Gasteiger partial charge in [-0.3, -0.25) is 9.59 Å². The third-order valence-electron chi connectivity index (χ3n) is 6.28. The van der Waals surface area contributed by atoms with Gasteiger partial charge in [0.15, 0.2) is 11.6 Å². The first-order chi connectivity index (χ1) is 14.6. The molecule has 0 aromatic heterocycles. The first kappa shape index (κ1) is 22.5. The van der Waals surface area contributed by atoms with E-state index < -0.39 is 5.41 Å². The highest BCUT2D eigenvalue weighted by molar-refractivity contribution is 6.17. The molecular formula is C27H30O4. The lowest BCUT2D eigenvalue weighted by molar-refractivity contribution is -0.134. The van der Waals surface area contributed by atoms with Gasteiger partial charge < -0.3 is 10.2 Å². The predicted octanol–water partition coefficient (Wildman–Crippen LogP) is 5.76. The number of carbonyl (C=O) groups excluding carboxylic acids is 2. The van der Waals surface area contributed by atoms with Crippen molar-refractivity contribution in [1.29, 1.82) is 0 Å². The molecule has 0 atom stereocenters. The first-order valence-corrected chi connectivity index (χ1v) is 10.7. The van der Waals surface area contributed by atoms with Gasteiger partial charge in [-0.15, -0.1) is 0 Å². The minimum absolute atomic E-state index is 0.166. The van der Waals surface area contributed by atoms with E-state index >= 15 is 0 Å². The van der Waals surface area contributed by atoms with E-state index in [2.05, 4.69) is 0 Å². The Hall–Kier alpha value is -3.14. The number of phenols is 2. The molecule has 2 aromatic rings. The fourth-order valence-electron chi connectivity index (χ4n) is 4.43. The molecule has 2 aromatic carbocycles.